The van der Waals surface area contributed by atoms with Crippen molar-refractivity contribution in [3.05, 3.63) is 65.7 Å². The van der Waals surface area contributed by atoms with E-state index in [1.165, 1.54) is 12.1 Å². The van der Waals surface area contributed by atoms with Crippen molar-refractivity contribution in [3.8, 4) is 5.75 Å². The molecule has 23 heavy (non-hydrogen) atoms. The molecular formula is C18H22N2O3. The van der Waals surface area contributed by atoms with E-state index in [0.717, 1.165) is 5.56 Å². The van der Waals surface area contributed by atoms with Crippen molar-refractivity contribution in [1.82, 2.24) is 5.32 Å². The number of hydrogen-bond acceptors (Lipinski definition) is 4. The van der Waals surface area contributed by atoms with Gasteiger partial charge in [0.15, 0.2) is 0 Å². The van der Waals surface area contributed by atoms with E-state index in [1.807, 2.05) is 30.3 Å². The first kappa shape index (κ1) is 17.0. The highest BCUT2D eigenvalue weighted by Gasteiger charge is 2.16. The summed E-state index contributed by atoms with van der Waals surface area (Å²) in [4.78, 5) is 12.1. The van der Waals surface area contributed by atoms with Gasteiger partial charge in [0.2, 0.25) is 5.91 Å². The molecule has 5 nitrogen and oxygen atoms in total. The predicted molar refractivity (Wildman–Crippen MR) is 88.8 cm³/mol. The van der Waals surface area contributed by atoms with Gasteiger partial charge in [-0.25, -0.2) is 0 Å². The summed E-state index contributed by atoms with van der Waals surface area (Å²) < 4.78 is 0. The molecule has 2 aromatic rings. The van der Waals surface area contributed by atoms with Crippen LogP contribution >= 0.6 is 0 Å². The van der Waals surface area contributed by atoms with E-state index in [9.17, 15) is 15.0 Å². The Bertz CT molecular complexity index is 631. The summed E-state index contributed by atoms with van der Waals surface area (Å²) >= 11 is 0. The number of nitrogens with two attached hydrogens (primary N) is 1. The van der Waals surface area contributed by atoms with Gasteiger partial charge in [-0.05, 0) is 29.7 Å². The molecule has 0 fully saturated rings. The normalized spacial score (nSPS) is 13.3. The van der Waals surface area contributed by atoms with Gasteiger partial charge in [0.1, 0.15) is 5.75 Å². The van der Waals surface area contributed by atoms with Gasteiger partial charge in [0.25, 0.3) is 0 Å². The minimum Gasteiger partial charge on any atom is -0.508 e. The Hall–Kier alpha value is -2.37. The van der Waals surface area contributed by atoms with Crippen LogP contribution in [-0.2, 0) is 11.2 Å². The average molecular weight is 314 g/mol. The molecule has 0 saturated carbocycles. The maximum atomic E-state index is 12.1. The van der Waals surface area contributed by atoms with Crippen LogP contribution in [0.4, 0.5) is 0 Å². The van der Waals surface area contributed by atoms with Crippen LogP contribution in [0.3, 0.4) is 0 Å². The van der Waals surface area contributed by atoms with Crippen molar-refractivity contribution in [1.29, 1.82) is 0 Å². The van der Waals surface area contributed by atoms with E-state index < -0.39 is 6.04 Å². The number of phenols is 1. The summed E-state index contributed by atoms with van der Waals surface area (Å²) in [5.41, 5.74) is 7.76. The van der Waals surface area contributed by atoms with Crippen molar-refractivity contribution in [2.24, 2.45) is 5.73 Å². The van der Waals surface area contributed by atoms with Gasteiger partial charge in [-0.1, -0.05) is 42.5 Å². The second-order valence-corrected chi connectivity index (χ2v) is 5.55. The summed E-state index contributed by atoms with van der Waals surface area (Å²) in [5, 5.41) is 21.7. The monoisotopic (exact) mass is 314 g/mol. The number of carbonyl (C=O) groups is 1. The number of aromatic hydroxyl groups is 1. The second kappa shape index (κ2) is 8.31. The molecule has 0 bridgehead atoms. The van der Waals surface area contributed by atoms with E-state index in [2.05, 4.69) is 5.32 Å². The Labute approximate surface area is 135 Å². The molecule has 0 spiro atoms. The van der Waals surface area contributed by atoms with Gasteiger partial charge in [0, 0.05) is 12.5 Å². The molecule has 0 radical (unpaired) electrons. The van der Waals surface area contributed by atoms with Crippen LogP contribution in [0.1, 0.15) is 23.6 Å². The summed E-state index contributed by atoms with van der Waals surface area (Å²) in [6, 6.07) is 15.4. The largest absolute Gasteiger partial charge is 0.508 e. The molecule has 0 aliphatic heterocycles. The molecular weight excluding hydrogens is 292 g/mol. The molecule has 5 N–H and O–H groups in total. The highest BCUT2D eigenvalue weighted by Crippen LogP contribution is 2.18. The van der Waals surface area contributed by atoms with Crippen molar-refractivity contribution in [2.45, 2.75) is 24.9 Å². The zero-order valence-corrected chi connectivity index (χ0v) is 12.9. The third-order valence-corrected chi connectivity index (χ3v) is 3.58. The lowest BCUT2D eigenvalue weighted by molar-refractivity contribution is -0.122. The zero-order chi connectivity index (χ0) is 16.7. The van der Waals surface area contributed by atoms with E-state index in [4.69, 9.17) is 5.73 Å². The highest BCUT2D eigenvalue weighted by molar-refractivity contribution is 5.77. The maximum absolute atomic E-state index is 12.1. The number of phenolic OH excluding ortho intramolecular Hbond substituents is 1. The van der Waals surface area contributed by atoms with Crippen LogP contribution in [-0.4, -0.2) is 28.8 Å². The predicted octanol–water partition coefficient (Wildman–Crippen LogP) is 1.50. The van der Waals surface area contributed by atoms with Crippen molar-refractivity contribution < 1.29 is 15.0 Å². The van der Waals surface area contributed by atoms with Gasteiger partial charge >= 0.3 is 0 Å². The number of carbonyl (C=O) groups excluding carboxylic acids is 1. The van der Waals surface area contributed by atoms with E-state index in [-0.39, 0.29) is 30.7 Å². The Morgan fingerprint density at radius 3 is 2.52 bits per heavy atom. The van der Waals surface area contributed by atoms with E-state index in [0.29, 0.717) is 12.0 Å². The molecule has 2 aromatic carbocycles. The summed E-state index contributed by atoms with van der Waals surface area (Å²) in [7, 11) is 0. The summed E-state index contributed by atoms with van der Waals surface area (Å²) in [6.45, 7) is -0.247. The molecule has 5 heteroatoms. The fourth-order valence-electron chi connectivity index (χ4n) is 2.46. The summed E-state index contributed by atoms with van der Waals surface area (Å²) in [5.74, 6) is -0.133. The zero-order valence-electron chi connectivity index (χ0n) is 12.9. The van der Waals surface area contributed by atoms with Crippen molar-refractivity contribution in [3.63, 3.8) is 0 Å². The Kier molecular flexibility index (Phi) is 6.14. The molecule has 0 heterocycles. The third-order valence-electron chi connectivity index (χ3n) is 3.58. The van der Waals surface area contributed by atoms with Crippen LogP contribution < -0.4 is 11.1 Å². The molecule has 122 valence electrons. The number of rotatable bonds is 7. The second-order valence-electron chi connectivity index (χ2n) is 5.55. The van der Waals surface area contributed by atoms with Crippen LogP contribution in [0, 0.1) is 0 Å². The van der Waals surface area contributed by atoms with Crippen LogP contribution in [0.2, 0.25) is 0 Å². The number of aliphatic hydroxyl groups is 1. The number of benzene rings is 2. The van der Waals surface area contributed by atoms with Gasteiger partial charge in [-0.3, -0.25) is 4.79 Å². The Morgan fingerprint density at radius 2 is 1.87 bits per heavy atom. The standard InChI is InChI=1S/C18H22N2O3/c19-15(9-13-5-2-1-3-6-13)11-18(23)20-17(12-21)14-7-4-8-16(22)10-14/h1-8,10,15,17,21-22H,9,11-12,19H2,(H,20,23)/t15-,17?/m0/s1. The average Bonchev–Trinajstić information content (AvgIpc) is 2.53. The van der Waals surface area contributed by atoms with E-state index >= 15 is 0 Å². The van der Waals surface area contributed by atoms with Gasteiger partial charge in [0.05, 0.1) is 12.6 Å². The Morgan fingerprint density at radius 1 is 1.13 bits per heavy atom. The number of amides is 1. The molecule has 1 unspecified atom stereocenters. The topological polar surface area (TPSA) is 95.6 Å². The molecule has 0 aliphatic rings. The smallest absolute Gasteiger partial charge is 0.222 e. The van der Waals surface area contributed by atoms with Crippen LogP contribution in [0.5, 0.6) is 5.75 Å². The maximum Gasteiger partial charge on any atom is 0.222 e. The molecule has 2 rings (SSSR count). The first-order valence-electron chi connectivity index (χ1n) is 7.57. The molecule has 0 aromatic heterocycles. The first-order valence-corrected chi connectivity index (χ1v) is 7.57. The fraction of sp³-hybridized carbons (Fsp3) is 0.278. The minimum absolute atomic E-state index is 0.0935. The van der Waals surface area contributed by atoms with Gasteiger partial charge < -0.3 is 21.3 Å². The van der Waals surface area contributed by atoms with Crippen LogP contribution in [0.25, 0.3) is 0 Å². The Balaban J connectivity index is 1.89. The summed E-state index contributed by atoms with van der Waals surface area (Å²) in [6.07, 6.45) is 0.786. The van der Waals surface area contributed by atoms with Crippen molar-refractivity contribution in [2.75, 3.05) is 6.61 Å². The first-order chi connectivity index (χ1) is 11.1. The highest BCUT2D eigenvalue weighted by atomic mass is 16.3. The molecule has 0 saturated heterocycles. The molecule has 1 amide bonds. The minimum atomic E-state index is -0.557. The van der Waals surface area contributed by atoms with Crippen LogP contribution in [0.15, 0.2) is 54.6 Å². The fourth-order valence-corrected chi connectivity index (χ4v) is 2.46. The molecule has 2 atom stereocenters. The third kappa shape index (κ3) is 5.39. The lowest BCUT2D eigenvalue weighted by Gasteiger charge is -2.18. The SMILES string of the molecule is N[C@H](CC(=O)NC(CO)c1cccc(O)c1)Cc1ccccc1. The van der Waals surface area contributed by atoms with Gasteiger partial charge in [-0.15, -0.1) is 0 Å². The molecule has 0 aliphatic carbocycles. The number of aliphatic hydroxyl groups excluding tert-OH is 1. The number of hydrogen-bond donors (Lipinski definition) is 4. The lowest BCUT2D eigenvalue weighted by Crippen LogP contribution is -2.36. The quantitative estimate of drug-likeness (QED) is 0.623. The van der Waals surface area contributed by atoms with E-state index in [1.54, 1.807) is 12.1 Å². The van der Waals surface area contributed by atoms with Crippen molar-refractivity contribution >= 4 is 5.91 Å². The van der Waals surface area contributed by atoms with Gasteiger partial charge in [-0.2, -0.15) is 0 Å². The lowest BCUT2D eigenvalue weighted by atomic mass is 10.0. The number of nitrogens with one attached hydrogen (secondary N) is 1.